The molecule has 1 atom stereocenters. The van der Waals surface area contributed by atoms with E-state index in [1.54, 1.807) is 19.1 Å². The summed E-state index contributed by atoms with van der Waals surface area (Å²) in [6, 6.07) is 8.49. The molecule has 0 aliphatic rings. The van der Waals surface area contributed by atoms with E-state index in [2.05, 4.69) is 4.74 Å². The number of ether oxygens (including phenoxy) is 3. The van der Waals surface area contributed by atoms with Crippen molar-refractivity contribution in [2.75, 3.05) is 7.11 Å². The molecular weight excluding hydrogens is 456 g/mol. The van der Waals surface area contributed by atoms with E-state index < -0.39 is 18.5 Å². The molecule has 9 heteroatoms. The lowest BCUT2D eigenvalue weighted by molar-refractivity contribution is -0.135. The zero-order valence-electron chi connectivity index (χ0n) is 18.7. The van der Waals surface area contributed by atoms with E-state index in [-0.39, 0.29) is 34.4 Å². The highest BCUT2D eigenvalue weighted by Crippen LogP contribution is 2.39. The highest BCUT2D eigenvalue weighted by Gasteiger charge is 2.25. The first-order valence-corrected chi connectivity index (χ1v) is 10.7. The van der Waals surface area contributed by atoms with Crippen molar-refractivity contribution in [3.63, 3.8) is 0 Å². The van der Waals surface area contributed by atoms with Gasteiger partial charge in [0.15, 0.2) is 5.75 Å². The van der Waals surface area contributed by atoms with Crippen molar-refractivity contribution in [2.24, 2.45) is 5.92 Å². The first-order chi connectivity index (χ1) is 15.7. The largest absolute Gasteiger partial charge is 0.495 e. The predicted octanol–water partition coefficient (Wildman–Crippen LogP) is 6.24. The van der Waals surface area contributed by atoms with Crippen LogP contribution in [0.5, 0.6) is 17.2 Å². The molecule has 0 saturated heterocycles. The summed E-state index contributed by atoms with van der Waals surface area (Å²) in [5.74, 6) is -0.192. The average molecular weight is 480 g/mol. The lowest BCUT2D eigenvalue weighted by Crippen LogP contribution is -2.15. The molecule has 1 unspecified atom stereocenters. The Bertz CT molecular complexity index is 1170. The number of benzene rings is 2. The molecule has 0 N–H and O–H groups in total. The van der Waals surface area contributed by atoms with Crippen molar-refractivity contribution < 1.29 is 32.6 Å². The number of hydrogen-bond acceptors (Lipinski definition) is 5. The summed E-state index contributed by atoms with van der Waals surface area (Å²) in [5.41, 5.74) is 1.04. The lowest BCUT2D eigenvalue weighted by Gasteiger charge is -2.10. The molecule has 3 aromatic rings. The van der Waals surface area contributed by atoms with Gasteiger partial charge < -0.3 is 14.2 Å². The summed E-state index contributed by atoms with van der Waals surface area (Å²) >= 11 is 6.31. The molecule has 0 aliphatic carbocycles. The van der Waals surface area contributed by atoms with Crippen molar-refractivity contribution in [3.05, 3.63) is 52.7 Å². The van der Waals surface area contributed by atoms with Gasteiger partial charge in [0.1, 0.15) is 11.5 Å². The second-order valence-corrected chi connectivity index (χ2v) is 8.06. The van der Waals surface area contributed by atoms with Gasteiger partial charge in [-0.1, -0.05) is 31.9 Å². The average Bonchev–Trinajstić information content (AvgIpc) is 3.02. The number of fused-ring (bicyclic) bond motifs is 1. The summed E-state index contributed by atoms with van der Waals surface area (Å²) < 4.78 is 41.5. The molecule has 2 aromatic carbocycles. The van der Waals surface area contributed by atoms with Gasteiger partial charge >= 0.3 is 12.6 Å². The molecule has 6 nitrogen and oxygen atoms in total. The maximum Gasteiger partial charge on any atom is 0.387 e. The molecule has 0 fully saturated rings. The van der Waals surface area contributed by atoms with Crippen molar-refractivity contribution >= 4 is 34.4 Å². The Morgan fingerprint density at radius 3 is 2.39 bits per heavy atom. The third-order valence-electron chi connectivity index (χ3n) is 5.38. The van der Waals surface area contributed by atoms with Gasteiger partial charge in [0, 0.05) is 17.4 Å². The minimum absolute atomic E-state index is 0.0666. The van der Waals surface area contributed by atoms with E-state index in [1.807, 2.05) is 13.8 Å². The Morgan fingerprint density at radius 2 is 1.82 bits per heavy atom. The molecular formula is C24H24ClF2NO5. The number of rotatable bonds is 8. The molecule has 0 aliphatic heterocycles. The number of nitrogens with zero attached hydrogens (tertiary/aromatic N) is 1. The third-order valence-corrected chi connectivity index (χ3v) is 5.67. The minimum Gasteiger partial charge on any atom is -0.495 e. The molecule has 3 rings (SSSR count). The fourth-order valence-corrected chi connectivity index (χ4v) is 3.66. The lowest BCUT2D eigenvalue weighted by atomic mass is 10.1. The number of esters is 1. The predicted molar refractivity (Wildman–Crippen MR) is 121 cm³/mol. The van der Waals surface area contributed by atoms with Crippen molar-refractivity contribution in [1.29, 1.82) is 0 Å². The zero-order valence-corrected chi connectivity index (χ0v) is 19.4. The number of alkyl halides is 2. The molecule has 1 heterocycles. The van der Waals surface area contributed by atoms with Gasteiger partial charge in [-0.05, 0) is 49.2 Å². The molecule has 33 heavy (non-hydrogen) atoms. The quantitative estimate of drug-likeness (QED) is 0.357. The normalized spacial score (nSPS) is 12.1. The molecule has 0 radical (unpaired) electrons. The van der Waals surface area contributed by atoms with E-state index in [0.717, 1.165) is 6.42 Å². The Labute approximate surface area is 195 Å². The highest BCUT2D eigenvalue weighted by atomic mass is 35.5. The van der Waals surface area contributed by atoms with E-state index in [4.69, 9.17) is 21.1 Å². The van der Waals surface area contributed by atoms with Crippen LogP contribution < -0.4 is 14.2 Å². The fourth-order valence-electron chi connectivity index (χ4n) is 3.43. The SMILES string of the molecule is CCC(C)CC(=O)Oc1c(C)n(C(=O)c2ccc(OC(F)F)cc2)c2cc(Cl)c(OC)cc12. The number of methoxy groups -OCH3 is 1. The van der Waals surface area contributed by atoms with Crippen LogP contribution in [-0.2, 0) is 4.79 Å². The molecule has 176 valence electrons. The van der Waals surface area contributed by atoms with Crippen LogP contribution in [-0.4, -0.2) is 30.2 Å². The first-order valence-electron chi connectivity index (χ1n) is 10.3. The number of aromatic nitrogens is 1. The van der Waals surface area contributed by atoms with E-state index in [0.29, 0.717) is 22.3 Å². The summed E-state index contributed by atoms with van der Waals surface area (Å²) in [4.78, 5) is 25.9. The Hall–Kier alpha value is -3.13. The van der Waals surface area contributed by atoms with Gasteiger partial charge in [0.2, 0.25) is 0 Å². The maximum absolute atomic E-state index is 13.4. The van der Waals surface area contributed by atoms with Crippen molar-refractivity contribution in [1.82, 2.24) is 4.57 Å². The van der Waals surface area contributed by atoms with Crippen molar-refractivity contribution in [2.45, 2.75) is 40.2 Å². The topological polar surface area (TPSA) is 66.8 Å². The van der Waals surface area contributed by atoms with Crippen LogP contribution in [0.1, 0.15) is 42.7 Å². The van der Waals surface area contributed by atoms with Crippen LogP contribution in [0, 0.1) is 12.8 Å². The van der Waals surface area contributed by atoms with Gasteiger partial charge in [-0.15, -0.1) is 0 Å². The minimum atomic E-state index is -2.97. The molecule has 0 bridgehead atoms. The van der Waals surface area contributed by atoms with E-state index >= 15 is 0 Å². The standard InChI is InChI=1S/C24H24ClF2NO5/c1-5-13(2)10-21(29)33-22-14(3)28(19-12-18(25)20(31-4)11-17(19)22)23(30)15-6-8-16(9-7-15)32-24(26)27/h6-9,11-13,24H,5,10H2,1-4H3. The van der Waals surface area contributed by atoms with Crippen LogP contribution in [0.3, 0.4) is 0 Å². The number of carbonyl (C=O) groups excluding carboxylic acids is 2. The monoisotopic (exact) mass is 479 g/mol. The highest BCUT2D eigenvalue weighted by molar-refractivity contribution is 6.33. The van der Waals surface area contributed by atoms with E-state index in [1.165, 1.54) is 35.9 Å². The number of halogens is 3. The molecule has 1 aromatic heterocycles. The summed E-state index contributed by atoms with van der Waals surface area (Å²) in [5, 5.41) is 0.756. The van der Waals surface area contributed by atoms with Gasteiger partial charge in [0.25, 0.3) is 5.91 Å². The van der Waals surface area contributed by atoms with Gasteiger partial charge in [0.05, 0.1) is 23.3 Å². The van der Waals surface area contributed by atoms with Gasteiger partial charge in [-0.2, -0.15) is 8.78 Å². The molecule has 0 amide bonds. The van der Waals surface area contributed by atoms with Crippen LogP contribution in [0.2, 0.25) is 5.02 Å². The van der Waals surface area contributed by atoms with Crippen LogP contribution >= 0.6 is 11.6 Å². The summed E-state index contributed by atoms with van der Waals surface area (Å²) in [6.45, 7) is 2.62. The summed E-state index contributed by atoms with van der Waals surface area (Å²) in [6.07, 6.45) is 1.05. The van der Waals surface area contributed by atoms with Crippen LogP contribution in [0.15, 0.2) is 36.4 Å². The van der Waals surface area contributed by atoms with Crippen LogP contribution in [0.25, 0.3) is 10.9 Å². The van der Waals surface area contributed by atoms with Crippen LogP contribution in [0.4, 0.5) is 8.78 Å². The van der Waals surface area contributed by atoms with Gasteiger partial charge in [-0.25, -0.2) is 0 Å². The first kappa shape index (κ1) is 24.5. The fraction of sp³-hybridized carbons (Fsp3) is 0.333. The zero-order chi connectivity index (χ0) is 24.3. The third kappa shape index (κ3) is 5.27. The Morgan fingerprint density at radius 1 is 1.15 bits per heavy atom. The molecule has 0 saturated carbocycles. The Kier molecular flexibility index (Phi) is 7.58. The van der Waals surface area contributed by atoms with E-state index in [9.17, 15) is 18.4 Å². The number of carbonyl (C=O) groups is 2. The second kappa shape index (κ2) is 10.2. The smallest absolute Gasteiger partial charge is 0.387 e. The number of hydrogen-bond donors (Lipinski definition) is 0. The summed E-state index contributed by atoms with van der Waals surface area (Å²) in [7, 11) is 1.46. The Balaban J connectivity index is 2.09. The molecule has 0 spiro atoms. The van der Waals surface area contributed by atoms with Crippen molar-refractivity contribution in [3.8, 4) is 17.2 Å². The maximum atomic E-state index is 13.4. The van der Waals surface area contributed by atoms with Gasteiger partial charge in [-0.3, -0.25) is 14.2 Å². The second-order valence-electron chi connectivity index (χ2n) is 7.65.